The molecule has 0 radical (unpaired) electrons. The van der Waals surface area contributed by atoms with E-state index in [0.29, 0.717) is 5.91 Å². The maximum atomic E-state index is 12.5. The Bertz CT molecular complexity index is 567. The first-order chi connectivity index (χ1) is 11.3. The van der Waals surface area contributed by atoms with Gasteiger partial charge in [-0.1, -0.05) is 12.1 Å². The summed E-state index contributed by atoms with van der Waals surface area (Å²) in [7, 11) is 0. The predicted octanol–water partition coefficient (Wildman–Crippen LogP) is 1.58. The van der Waals surface area contributed by atoms with Crippen LogP contribution < -0.4 is 9.80 Å². The molecule has 1 aromatic carbocycles. The number of anilines is 2. The maximum absolute atomic E-state index is 12.5. The second kappa shape index (κ2) is 6.49. The molecule has 1 saturated carbocycles. The second-order valence-electron chi connectivity index (χ2n) is 6.69. The fraction of sp³-hybridized carbons (Fsp3) is 0.611. The van der Waals surface area contributed by atoms with E-state index in [2.05, 4.69) is 28.0 Å². The standard InChI is InChI=1S/C18H25N3O2/c22-18(15-5-6-15)21-10-9-20(16-3-1-2-4-17(16)21)8-7-19-11-13-23-14-12-19/h1-4,15H,5-14H2. The van der Waals surface area contributed by atoms with Crippen molar-refractivity contribution in [1.29, 1.82) is 0 Å². The number of rotatable bonds is 4. The number of hydrogen-bond acceptors (Lipinski definition) is 4. The van der Waals surface area contributed by atoms with Gasteiger partial charge in [0.25, 0.3) is 0 Å². The molecule has 5 heteroatoms. The first-order valence-electron chi connectivity index (χ1n) is 8.78. The highest BCUT2D eigenvalue weighted by molar-refractivity contribution is 6.00. The van der Waals surface area contributed by atoms with E-state index < -0.39 is 0 Å². The number of hydrogen-bond donors (Lipinski definition) is 0. The summed E-state index contributed by atoms with van der Waals surface area (Å²) in [4.78, 5) is 19.4. The molecule has 0 unspecified atom stereocenters. The summed E-state index contributed by atoms with van der Waals surface area (Å²) in [6.07, 6.45) is 2.14. The number of para-hydroxylation sites is 2. The van der Waals surface area contributed by atoms with E-state index >= 15 is 0 Å². The van der Waals surface area contributed by atoms with Gasteiger partial charge in [0.15, 0.2) is 0 Å². The average molecular weight is 315 g/mol. The zero-order valence-electron chi connectivity index (χ0n) is 13.6. The van der Waals surface area contributed by atoms with Gasteiger partial charge in [-0.3, -0.25) is 9.69 Å². The Kier molecular flexibility index (Phi) is 4.23. The Hall–Kier alpha value is -1.59. The van der Waals surface area contributed by atoms with Gasteiger partial charge >= 0.3 is 0 Å². The molecule has 1 aliphatic carbocycles. The zero-order chi connectivity index (χ0) is 15.6. The van der Waals surface area contributed by atoms with Crippen LogP contribution in [0.4, 0.5) is 11.4 Å². The third-order valence-electron chi connectivity index (χ3n) is 5.09. The minimum Gasteiger partial charge on any atom is -0.379 e. The lowest BCUT2D eigenvalue weighted by atomic mass is 10.1. The molecular formula is C18H25N3O2. The molecular weight excluding hydrogens is 290 g/mol. The number of carbonyl (C=O) groups is 1. The van der Waals surface area contributed by atoms with Crippen LogP contribution in [0.3, 0.4) is 0 Å². The Morgan fingerprint density at radius 2 is 1.74 bits per heavy atom. The van der Waals surface area contributed by atoms with Crippen LogP contribution in [0.2, 0.25) is 0 Å². The number of fused-ring (bicyclic) bond motifs is 1. The van der Waals surface area contributed by atoms with Crippen LogP contribution in [-0.4, -0.2) is 63.3 Å². The second-order valence-corrected chi connectivity index (χ2v) is 6.69. The molecule has 2 fully saturated rings. The van der Waals surface area contributed by atoms with Gasteiger partial charge in [0, 0.05) is 45.2 Å². The summed E-state index contributed by atoms with van der Waals surface area (Å²) < 4.78 is 5.42. The van der Waals surface area contributed by atoms with Crippen molar-refractivity contribution >= 4 is 17.3 Å². The Morgan fingerprint density at radius 1 is 1.00 bits per heavy atom. The van der Waals surface area contributed by atoms with E-state index in [1.165, 1.54) is 5.69 Å². The molecule has 0 bridgehead atoms. The first-order valence-corrected chi connectivity index (χ1v) is 8.78. The fourth-order valence-corrected chi connectivity index (χ4v) is 3.52. The molecule has 1 amide bonds. The lowest BCUT2D eigenvalue weighted by Crippen LogP contribution is -2.48. The number of amides is 1. The van der Waals surface area contributed by atoms with Crippen molar-refractivity contribution in [3.05, 3.63) is 24.3 Å². The molecule has 124 valence electrons. The highest BCUT2D eigenvalue weighted by atomic mass is 16.5. The molecule has 1 saturated heterocycles. The minimum atomic E-state index is 0.281. The summed E-state index contributed by atoms with van der Waals surface area (Å²) in [5.41, 5.74) is 2.30. The van der Waals surface area contributed by atoms with Crippen LogP contribution in [0, 0.1) is 5.92 Å². The summed E-state index contributed by atoms with van der Waals surface area (Å²) in [6.45, 7) is 7.58. The van der Waals surface area contributed by atoms with Crippen LogP contribution in [0.5, 0.6) is 0 Å². The van der Waals surface area contributed by atoms with Crippen molar-refractivity contribution in [2.75, 3.05) is 62.3 Å². The summed E-state index contributed by atoms with van der Waals surface area (Å²) in [5, 5.41) is 0. The van der Waals surface area contributed by atoms with Gasteiger partial charge < -0.3 is 14.5 Å². The zero-order valence-corrected chi connectivity index (χ0v) is 13.6. The van der Waals surface area contributed by atoms with E-state index in [0.717, 1.165) is 71.0 Å². The van der Waals surface area contributed by atoms with E-state index in [4.69, 9.17) is 4.74 Å². The Balaban J connectivity index is 1.46. The largest absolute Gasteiger partial charge is 0.379 e. The molecule has 1 aromatic rings. The molecule has 2 heterocycles. The summed E-state index contributed by atoms with van der Waals surface area (Å²) in [5.74, 6) is 0.605. The van der Waals surface area contributed by atoms with E-state index in [1.807, 2.05) is 11.0 Å². The summed E-state index contributed by atoms with van der Waals surface area (Å²) >= 11 is 0. The van der Waals surface area contributed by atoms with Gasteiger partial charge in [-0.05, 0) is 25.0 Å². The van der Waals surface area contributed by atoms with Gasteiger partial charge in [-0.15, -0.1) is 0 Å². The number of ether oxygens (including phenoxy) is 1. The number of morpholine rings is 1. The minimum absolute atomic E-state index is 0.281. The molecule has 2 aliphatic heterocycles. The Labute approximate surface area is 137 Å². The van der Waals surface area contributed by atoms with Crippen LogP contribution in [-0.2, 0) is 9.53 Å². The van der Waals surface area contributed by atoms with E-state index in [1.54, 1.807) is 0 Å². The maximum Gasteiger partial charge on any atom is 0.230 e. The Morgan fingerprint density at radius 3 is 2.48 bits per heavy atom. The summed E-state index contributed by atoms with van der Waals surface area (Å²) in [6, 6.07) is 8.36. The number of carbonyl (C=O) groups excluding carboxylic acids is 1. The molecule has 0 atom stereocenters. The predicted molar refractivity (Wildman–Crippen MR) is 91.0 cm³/mol. The van der Waals surface area contributed by atoms with Crippen molar-refractivity contribution < 1.29 is 9.53 Å². The van der Waals surface area contributed by atoms with Crippen LogP contribution in [0.1, 0.15) is 12.8 Å². The fourth-order valence-electron chi connectivity index (χ4n) is 3.52. The topological polar surface area (TPSA) is 36.0 Å². The highest BCUT2D eigenvalue weighted by Gasteiger charge is 2.36. The van der Waals surface area contributed by atoms with Gasteiger partial charge in [0.05, 0.1) is 24.6 Å². The average Bonchev–Trinajstić information content (AvgIpc) is 3.45. The third-order valence-corrected chi connectivity index (χ3v) is 5.09. The molecule has 4 rings (SSSR count). The van der Waals surface area contributed by atoms with E-state index in [9.17, 15) is 4.79 Å². The van der Waals surface area contributed by atoms with Gasteiger partial charge in [-0.25, -0.2) is 0 Å². The molecule has 0 N–H and O–H groups in total. The number of nitrogens with zero attached hydrogens (tertiary/aromatic N) is 3. The van der Waals surface area contributed by atoms with Crippen molar-refractivity contribution in [2.45, 2.75) is 12.8 Å². The lowest BCUT2D eigenvalue weighted by Gasteiger charge is -2.39. The smallest absolute Gasteiger partial charge is 0.230 e. The van der Waals surface area contributed by atoms with Crippen molar-refractivity contribution in [2.24, 2.45) is 5.92 Å². The monoisotopic (exact) mass is 315 g/mol. The third kappa shape index (κ3) is 3.21. The van der Waals surface area contributed by atoms with Crippen LogP contribution >= 0.6 is 0 Å². The van der Waals surface area contributed by atoms with Crippen molar-refractivity contribution in [1.82, 2.24) is 4.90 Å². The van der Waals surface area contributed by atoms with Gasteiger partial charge in [-0.2, -0.15) is 0 Å². The van der Waals surface area contributed by atoms with Crippen LogP contribution in [0.25, 0.3) is 0 Å². The normalized spacial score (nSPS) is 22.1. The van der Waals surface area contributed by atoms with Crippen molar-refractivity contribution in [3.8, 4) is 0 Å². The van der Waals surface area contributed by atoms with Gasteiger partial charge in [0.2, 0.25) is 5.91 Å². The lowest BCUT2D eigenvalue weighted by molar-refractivity contribution is -0.119. The number of benzene rings is 1. The van der Waals surface area contributed by atoms with Gasteiger partial charge in [0.1, 0.15) is 0 Å². The quantitative estimate of drug-likeness (QED) is 0.845. The first kappa shape index (κ1) is 15.0. The van der Waals surface area contributed by atoms with E-state index in [-0.39, 0.29) is 5.92 Å². The molecule has 5 nitrogen and oxygen atoms in total. The molecule has 3 aliphatic rings. The van der Waals surface area contributed by atoms with Crippen molar-refractivity contribution in [3.63, 3.8) is 0 Å². The molecule has 0 spiro atoms. The SMILES string of the molecule is O=C(C1CC1)N1CCN(CCN2CCOCC2)c2ccccc21. The molecule has 0 aromatic heterocycles. The van der Waals surface area contributed by atoms with Crippen LogP contribution in [0.15, 0.2) is 24.3 Å². The highest BCUT2D eigenvalue weighted by Crippen LogP contribution is 2.38. The molecule has 23 heavy (non-hydrogen) atoms.